The van der Waals surface area contributed by atoms with Crippen LogP contribution in [0.4, 0.5) is 15.8 Å². The molecule has 2 aromatic carbocycles. The Balaban J connectivity index is 2.16. The maximum atomic E-state index is 13.7. The van der Waals surface area contributed by atoms with E-state index in [4.69, 9.17) is 0 Å². The Kier molecular flexibility index (Phi) is 6.89. The Morgan fingerprint density at radius 1 is 1.00 bits per heavy atom. The van der Waals surface area contributed by atoms with Crippen molar-refractivity contribution in [1.82, 2.24) is 0 Å². The lowest BCUT2D eigenvalue weighted by atomic mass is 10.0. The number of carbonyl (C=O) groups excluding carboxylic acids is 2. The molecule has 2 rings (SSSR count). The van der Waals surface area contributed by atoms with Gasteiger partial charge in [0.1, 0.15) is 5.82 Å². The highest BCUT2D eigenvalue weighted by Crippen LogP contribution is 2.27. The second-order valence-electron chi connectivity index (χ2n) is 6.08. The van der Waals surface area contributed by atoms with E-state index in [0.717, 1.165) is 29.7 Å². The zero-order valence-corrected chi connectivity index (χ0v) is 15.5. The molecular weight excluding hydrogens is 331 g/mol. The highest BCUT2D eigenvalue weighted by atomic mass is 19.1. The highest BCUT2D eigenvalue weighted by molar-refractivity contribution is 5.96. The number of anilines is 2. The molecule has 26 heavy (non-hydrogen) atoms. The minimum atomic E-state index is -0.478. The van der Waals surface area contributed by atoms with Gasteiger partial charge in [0.05, 0.1) is 5.69 Å². The number of hydrogen-bond donors (Lipinski definition) is 1. The number of amides is 2. The standard InChI is InChI=1S/C21H25FN2O2/c1-4-16-9-8-10-17(5-2)21(16)24(15(3)25)14-13-20(26)23-19-12-7-6-11-18(19)22/h6-12H,4-5,13-14H2,1-3H3,(H,23,26). The molecule has 0 aliphatic heterocycles. The van der Waals surface area contributed by atoms with Crippen LogP contribution in [0.3, 0.4) is 0 Å². The van der Waals surface area contributed by atoms with Crippen molar-refractivity contribution >= 4 is 23.2 Å². The second kappa shape index (κ2) is 9.13. The van der Waals surface area contributed by atoms with Crippen molar-refractivity contribution in [3.63, 3.8) is 0 Å². The van der Waals surface area contributed by atoms with Crippen LogP contribution in [0.5, 0.6) is 0 Å². The van der Waals surface area contributed by atoms with E-state index >= 15 is 0 Å². The first kappa shape index (κ1) is 19.6. The van der Waals surface area contributed by atoms with Gasteiger partial charge in [-0.25, -0.2) is 4.39 Å². The average Bonchev–Trinajstić information content (AvgIpc) is 2.63. The summed E-state index contributed by atoms with van der Waals surface area (Å²) in [5.41, 5.74) is 3.20. The smallest absolute Gasteiger partial charge is 0.226 e. The average molecular weight is 356 g/mol. The minimum absolute atomic E-state index is 0.0924. The number of nitrogens with zero attached hydrogens (tertiary/aromatic N) is 1. The first-order chi connectivity index (χ1) is 12.5. The zero-order valence-electron chi connectivity index (χ0n) is 15.5. The number of aryl methyl sites for hydroxylation is 2. The third-order valence-electron chi connectivity index (χ3n) is 4.33. The van der Waals surface area contributed by atoms with Crippen molar-refractivity contribution in [3.8, 4) is 0 Å². The second-order valence-corrected chi connectivity index (χ2v) is 6.08. The molecule has 0 fully saturated rings. The number of para-hydroxylation sites is 2. The summed E-state index contributed by atoms with van der Waals surface area (Å²) < 4.78 is 13.7. The van der Waals surface area contributed by atoms with E-state index in [1.165, 1.54) is 19.1 Å². The molecular formula is C21H25FN2O2. The predicted octanol–water partition coefficient (Wildman–Crippen LogP) is 4.33. The highest BCUT2D eigenvalue weighted by Gasteiger charge is 2.19. The van der Waals surface area contributed by atoms with E-state index in [1.54, 1.807) is 17.0 Å². The van der Waals surface area contributed by atoms with Gasteiger partial charge in [-0.2, -0.15) is 0 Å². The largest absolute Gasteiger partial charge is 0.324 e. The third-order valence-corrected chi connectivity index (χ3v) is 4.33. The molecule has 0 saturated heterocycles. The normalized spacial score (nSPS) is 10.5. The lowest BCUT2D eigenvalue weighted by molar-refractivity contribution is -0.117. The van der Waals surface area contributed by atoms with E-state index in [9.17, 15) is 14.0 Å². The van der Waals surface area contributed by atoms with Gasteiger partial charge >= 0.3 is 0 Å². The van der Waals surface area contributed by atoms with Gasteiger partial charge in [-0.1, -0.05) is 44.2 Å². The quantitative estimate of drug-likeness (QED) is 0.803. The monoisotopic (exact) mass is 356 g/mol. The summed E-state index contributed by atoms with van der Waals surface area (Å²) in [4.78, 5) is 26.1. The van der Waals surface area contributed by atoms with E-state index in [1.807, 2.05) is 32.0 Å². The zero-order chi connectivity index (χ0) is 19.1. The van der Waals surface area contributed by atoms with Gasteiger partial charge in [0, 0.05) is 25.6 Å². The molecule has 5 heteroatoms. The predicted molar refractivity (Wildman–Crippen MR) is 103 cm³/mol. The van der Waals surface area contributed by atoms with E-state index in [0.29, 0.717) is 0 Å². The van der Waals surface area contributed by atoms with Gasteiger partial charge in [-0.15, -0.1) is 0 Å². The number of nitrogens with one attached hydrogen (secondary N) is 1. The lowest BCUT2D eigenvalue weighted by Gasteiger charge is -2.26. The molecule has 0 saturated carbocycles. The summed E-state index contributed by atoms with van der Waals surface area (Å²) in [6, 6.07) is 12.0. The molecule has 2 amide bonds. The van der Waals surface area contributed by atoms with Gasteiger partial charge < -0.3 is 10.2 Å². The lowest BCUT2D eigenvalue weighted by Crippen LogP contribution is -2.33. The Labute approximate surface area is 154 Å². The van der Waals surface area contributed by atoms with E-state index in [-0.39, 0.29) is 30.5 Å². The summed E-state index contributed by atoms with van der Waals surface area (Å²) in [6.07, 6.45) is 1.69. The number of rotatable bonds is 7. The van der Waals surface area contributed by atoms with Crippen molar-refractivity contribution in [2.24, 2.45) is 0 Å². The minimum Gasteiger partial charge on any atom is -0.324 e. The fraction of sp³-hybridized carbons (Fsp3) is 0.333. The van der Waals surface area contributed by atoms with Crippen molar-refractivity contribution in [3.05, 3.63) is 59.4 Å². The molecule has 0 radical (unpaired) electrons. The van der Waals surface area contributed by atoms with Gasteiger partial charge in [0.2, 0.25) is 11.8 Å². The maximum absolute atomic E-state index is 13.7. The summed E-state index contributed by atoms with van der Waals surface area (Å²) in [5.74, 6) is -0.915. The van der Waals surface area contributed by atoms with Gasteiger partial charge in [0.15, 0.2) is 0 Å². The van der Waals surface area contributed by atoms with E-state index in [2.05, 4.69) is 5.32 Å². The molecule has 4 nitrogen and oxygen atoms in total. The van der Waals surface area contributed by atoms with Crippen molar-refractivity contribution in [2.45, 2.75) is 40.0 Å². The van der Waals surface area contributed by atoms with Crippen LogP contribution in [0.15, 0.2) is 42.5 Å². The molecule has 138 valence electrons. The molecule has 0 aromatic heterocycles. The van der Waals surface area contributed by atoms with Crippen molar-refractivity contribution in [2.75, 3.05) is 16.8 Å². The first-order valence-electron chi connectivity index (χ1n) is 8.91. The van der Waals surface area contributed by atoms with Crippen LogP contribution in [0.2, 0.25) is 0 Å². The van der Waals surface area contributed by atoms with Gasteiger partial charge in [-0.05, 0) is 36.1 Å². The summed E-state index contributed by atoms with van der Waals surface area (Å²) in [7, 11) is 0. The van der Waals surface area contributed by atoms with Crippen molar-refractivity contribution in [1.29, 1.82) is 0 Å². The van der Waals surface area contributed by atoms with Crippen LogP contribution in [0, 0.1) is 5.82 Å². The molecule has 2 aromatic rings. The Morgan fingerprint density at radius 2 is 1.62 bits per heavy atom. The summed E-state index contributed by atoms with van der Waals surface area (Å²) in [6.45, 7) is 5.84. The Hall–Kier alpha value is -2.69. The fourth-order valence-corrected chi connectivity index (χ4v) is 2.98. The maximum Gasteiger partial charge on any atom is 0.226 e. The first-order valence-corrected chi connectivity index (χ1v) is 8.91. The van der Waals surface area contributed by atoms with E-state index < -0.39 is 5.82 Å². The molecule has 0 atom stereocenters. The molecule has 1 N–H and O–H groups in total. The van der Waals surface area contributed by atoms with Crippen molar-refractivity contribution < 1.29 is 14.0 Å². The summed E-state index contributed by atoms with van der Waals surface area (Å²) in [5, 5.41) is 2.56. The fourth-order valence-electron chi connectivity index (χ4n) is 2.98. The van der Waals surface area contributed by atoms with Crippen LogP contribution in [-0.4, -0.2) is 18.4 Å². The molecule has 0 spiro atoms. The van der Waals surface area contributed by atoms with Crippen LogP contribution in [0.25, 0.3) is 0 Å². The molecule has 0 unspecified atom stereocenters. The number of halogens is 1. The third kappa shape index (κ3) is 4.69. The van der Waals surface area contributed by atoms with Crippen LogP contribution < -0.4 is 10.2 Å². The summed E-state index contributed by atoms with van der Waals surface area (Å²) >= 11 is 0. The molecule has 0 aliphatic rings. The van der Waals surface area contributed by atoms with Gasteiger partial charge in [-0.3, -0.25) is 9.59 Å². The van der Waals surface area contributed by atoms with Crippen LogP contribution >= 0.6 is 0 Å². The Bertz CT molecular complexity index is 767. The molecule has 0 heterocycles. The number of hydrogen-bond acceptors (Lipinski definition) is 2. The number of benzene rings is 2. The number of carbonyl (C=O) groups is 2. The van der Waals surface area contributed by atoms with Gasteiger partial charge in [0.25, 0.3) is 0 Å². The molecule has 0 aliphatic carbocycles. The topological polar surface area (TPSA) is 49.4 Å². The van der Waals surface area contributed by atoms with Crippen LogP contribution in [-0.2, 0) is 22.4 Å². The molecule has 0 bridgehead atoms. The van der Waals surface area contributed by atoms with Crippen LogP contribution in [0.1, 0.15) is 38.3 Å². The Morgan fingerprint density at radius 3 is 2.15 bits per heavy atom. The SMILES string of the molecule is CCc1cccc(CC)c1N(CCC(=O)Nc1ccccc1F)C(C)=O.